The first-order valence-corrected chi connectivity index (χ1v) is 5.91. The van der Waals surface area contributed by atoms with Crippen molar-refractivity contribution >= 4 is 5.78 Å². The zero-order valence-corrected chi connectivity index (χ0v) is 10.5. The summed E-state index contributed by atoms with van der Waals surface area (Å²) in [6, 6.07) is 12.4. The number of Topliss-reactive ketones (excluding diaryl/α,β-unsaturated/α-hetero) is 1. The molecule has 0 N–H and O–H groups in total. The van der Waals surface area contributed by atoms with Crippen LogP contribution in [0.15, 0.2) is 42.5 Å². The molecule has 0 aliphatic carbocycles. The highest BCUT2D eigenvalue weighted by Gasteiger charge is 2.04. The van der Waals surface area contributed by atoms with Gasteiger partial charge in [-0.3, -0.25) is 4.79 Å². The third kappa shape index (κ3) is 2.83. The van der Waals surface area contributed by atoms with Crippen molar-refractivity contribution in [1.82, 2.24) is 0 Å². The lowest BCUT2D eigenvalue weighted by molar-refractivity contribution is -0.116. The molecular formula is C16H15FO. The molecule has 2 aromatic carbocycles. The smallest absolute Gasteiger partial charge is 0.134 e. The molecule has 0 amide bonds. The van der Waals surface area contributed by atoms with Crippen LogP contribution in [0.2, 0.25) is 0 Å². The molecule has 0 bridgehead atoms. The number of aryl methyl sites for hydroxylation is 1. The van der Waals surface area contributed by atoms with Crippen LogP contribution in [0.1, 0.15) is 18.1 Å². The quantitative estimate of drug-likeness (QED) is 0.797. The molecule has 0 aliphatic heterocycles. The van der Waals surface area contributed by atoms with Crippen molar-refractivity contribution in [2.75, 3.05) is 0 Å². The molecule has 0 fully saturated rings. The molecule has 1 nitrogen and oxygen atoms in total. The first-order chi connectivity index (χ1) is 8.56. The summed E-state index contributed by atoms with van der Waals surface area (Å²) in [5.41, 5.74) is 4.18. The summed E-state index contributed by atoms with van der Waals surface area (Å²) in [7, 11) is 0. The number of benzene rings is 2. The summed E-state index contributed by atoms with van der Waals surface area (Å²) in [6.07, 6.45) is 0.463. The molecule has 0 saturated heterocycles. The summed E-state index contributed by atoms with van der Waals surface area (Å²) in [5.74, 6) is -0.0754. The van der Waals surface area contributed by atoms with Crippen LogP contribution in [-0.2, 0) is 11.2 Å². The second-order valence-corrected chi connectivity index (χ2v) is 4.53. The summed E-state index contributed by atoms with van der Waals surface area (Å²) < 4.78 is 12.9. The van der Waals surface area contributed by atoms with Gasteiger partial charge in [-0.15, -0.1) is 0 Å². The van der Waals surface area contributed by atoms with Gasteiger partial charge in [0, 0.05) is 6.42 Å². The van der Waals surface area contributed by atoms with E-state index in [9.17, 15) is 9.18 Å². The highest BCUT2D eigenvalue weighted by atomic mass is 19.1. The van der Waals surface area contributed by atoms with E-state index in [4.69, 9.17) is 0 Å². The minimum absolute atomic E-state index is 0.156. The fraction of sp³-hybridized carbons (Fsp3) is 0.188. The molecule has 0 unspecified atom stereocenters. The molecule has 0 atom stereocenters. The minimum atomic E-state index is -0.232. The molecule has 0 saturated carbocycles. The van der Waals surface area contributed by atoms with Crippen molar-refractivity contribution in [3.8, 4) is 11.1 Å². The van der Waals surface area contributed by atoms with Crippen LogP contribution in [0.3, 0.4) is 0 Å². The van der Waals surface area contributed by atoms with Gasteiger partial charge in [-0.2, -0.15) is 0 Å². The van der Waals surface area contributed by atoms with Crippen molar-refractivity contribution in [1.29, 1.82) is 0 Å². The normalized spacial score (nSPS) is 10.4. The average Bonchev–Trinajstić information content (AvgIpc) is 2.30. The molecule has 2 heteroatoms. The molecule has 0 aliphatic rings. The Bertz CT molecular complexity index is 570. The monoisotopic (exact) mass is 242 g/mol. The van der Waals surface area contributed by atoms with E-state index in [-0.39, 0.29) is 11.6 Å². The molecule has 2 rings (SSSR count). The van der Waals surface area contributed by atoms with Gasteiger partial charge >= 0.3 is 0 Å². The number of rotatable bonds is 3. The predicted molar refractivity (Wildman–Crippen MR) is 71.0 cm³/mol. The van der Waals surface area contributed by atoms with Crippen LogP contribution < -0.4 is 0 Å². The molecule has 0 spiro atoms. The number of hydrogen-bond donors (Lipinski definition) is 0. The van der Waals surface area contributed by atoms with Gasteiger partial charge in [0.2, 0.25) is 0 Å². The van der Waals surface area contributed by atoms with Gasteiger partial charge in [-0.1, -0.05) is 30.3 Å². The number of ketones is 1. The fourth-order valence-electron chi connectivity index (χ4n) is 2.08. The lowest BCUT2D eigenvalue weighted by Gasteiger charge is -2.08. The van der Waals surface area contributed by atoms with E-state index in [0.29, 0.717) is 6.42 Å². The standard InChI is InChI=1S/C16H15FO/c1-11-9-13(10-12(2)18)3-8-16(11)14-4-6-15(17)7-5-14/h3-9H,10H2,1-2H3. The zero-order valence-electron chi connectivity index (χ0n) is 10.5. The van der Waals surface area contributed by atoms with Crippen molar-refractivity contribution in [2.24, 2.45) is 0 Å². The Labute approximate surface area is 106 Å². The topological polar surface area (TPSA) is 17.1 Å². The van der Waals surface area contributed by atoms with E-state index < -0.39 is 0 Å². The Morgan fingerprint density at radius 3 is 2.33 bits per heavy atom. The summed E-state index contributed by atoms with van der Waals surface area (Å²) >= 11 is 0. The Morgan fingerprint density at radius 2 is 1.78 bits per heavy atom. The van der Waals surface area contributed by atoms with E-state index in [1.54, 1.807) is 19.1 Å². The Kier molecular flexibility index (Phi) is 3.56. The molecule has 18 heavy (non-hydrogen) atoms. The highest BCUT2D eigenvalue weighted by molar-refractivity contribution is 5.78. The number of carbonyl (C=O) groups is 1. The lowest BCUT2D eigenvalue weighted by atomic mass is 9.97. The third-order valence-electron chi connectivity index (χ3n) is 2.90. The molecular weight excluding hydrogens is 227 g/mol. The van der Waals surface area contributed by atoms with Crippen LogP contribution in [0.4, 0.5) is 4.39 Å². The first-order valence-electron chi connectivity index (χ1n) is 5.91. The number of carbonyl (C=O) groups excluding carboxylic acids is 1. The molecule has 0 heterocycles. The van der Waals surface area contributed by atoms with Crippen molar-refractivity contribution in [3.63, 3.8) is 0 Å². The zero-order chi connectivity index (χ0) is 13.1. The second kappa shape index (κ2) is 5.13. The van der Waals surface area contributed by atoms with E-state index in [1.807, 2.05) is 25.1 Å². The highest BCUT2D eigenvalue weighted by Crippen LogP contribution is 2.24. The summed E-state index contributed by atoms with van der Waals surface area (Å²) in [6.45, 7) is 3.59. The van der Waals surface area contributed by atoms with Gasteiger partial charge in [0.15, 0.2) is 0 Å². The van der Waals surface area contributed by atoms with Crippen LogP contribution in [0.25, 0.3) is 11.1 Å². The largest absolute Gasteiger partial charge is 0.300 e. The van der Waals surface area contributed by atoms with Gasteiger partial charge in [0.25, 0.3) is 0 Å². The van der Waals surface area contributed by atoms with Gasteiger partial charge in [0.05, 0.1) is 0 Å². The third-order valence-corrected chi connectivity index (χ3v) is 2.90. The van der Waals surface area contributed by atoms with Crippen molar-refractivity contribution in [3.05, 3.63) is 59.4 Å². The minimum Gasteiger partial charge on any atom is -0.300 e. The van der Waals surface area contributed by atoms with E-state index in [0.717, 1.165) is 22.3 Å². The van der Waals surface area contributed by atoms with Crippen LogP contribution in [0, 0.1) is 12.7 Å². The average molecular weight is 242 g/mol. The molecule has 0 radical (unpaired) electrons. The van der Waals surface area contributed by atoms with Crippen LogP contribution in [0.5, 0.6) is 0 Å². The summed E-state index contributed by atoms with van der Waals surface area (Å²) in [5, 5.41) is 0. The maximum absolute atomic E-state index is 12.9. The lowest BCUT2D eigenvalue weighted by Crippen LogP contribution is -1.97. The van der Waals surface area contributed by atoms with Gasteiger partial charge in [-0.25, -0.2) is 4.39 Å². The van der Waals surface area contributed by atoms with Crippen LogP contribution in [-0.4, -0.2) is 5.78 Å². The second-order valence-electron chi connectivity index (χ2n) is 4.53. The van der Waals surface area contributed by atoms with E-state index in [1.165, 1.54) is 12.1 Å². The molecule has 92 valence electrons. The Hall–Kier alpha value is -1.96. The summed E-state index contributed by atoms with van der Waals surface area (Å²) in [4.78, 5) is 11.1. The van der Waals surface area contributed by atoms with Gasteiger partial charge in [0.1, 0.15) is 11.6 Å². The van der Waals surface area contributed by atoms with E-state index >= 15 is 0 Å². The van der Waals surface area contributed by atoms with Crippen molar-refractivity contribution in [2.45, 2.75) is 20.3 Å². The molecule has 0 aromatic heterocycles. The first kappa shape index (κ1) is 12.5. The fourth-order valence-corrected chi connectivity index (χ4v) is 2.08. The van der Waals surface area contributed by atoms with Crippen LogP contribution >= 0.6 is 0 Å². The van der Waals surface area contributed by atoms with E-state index in [2.05, 4.69) is 0 Å². The SMILES string of the molecule is CC(=O)Cc1ccc(-c2ccc(F)cc2)c(C)c1. The number of hydrogen-bond acceptors (Lipinski definition) is 1. The maximum Gasteiger partial charge on any atom is 0.134 e. The van der Waals surface area contributed by atoms with Gasteiger partial charge < -0.3 is 0 Å². The van der Waals surface area contributed by atoms with Gasteiger partial charge in [-0.05, 0) is 48.2 Å². The van der Waals surface area contributed by atoms with Crippen molar-refractivity contribution < 1.29 is 9.18 Å². The maximum atomic E-state index is 12.9. The molecule has 2 aromatic rings. The Balaban J connectivity index is 2.35. The number of halogens is 1. The Morgan fingerprint density at radius 1 is 1.11 bits per heavy atom. The predicted octanol–water partition coefficient (Wildman–Crippen LogP) is 3.93.